The van der Waals surface area contributed by atoms with E-state index < -0.39 is 35.0 Å². The molecule has 0 aromatic carbocycles. The highest BCUT2D eigenvalue weighted by atomic mass is 19.1. The van der Waals surface area contributed by atoms with Gasteiger partial charge in [-0.1, -0.05) is 6.92 Å². The Labute approximate surface area is 153 Å². The number of carboxylic acids is 1. The lowest BCUT2D eigenvalue weighted by atomic mass is 10.0. The van der Waals surface area contributed by atoms with Gasteiger partial charge in [-0.15, -0.1) is 0 Å². The van der Waals surface area contributed by atoms with Crippen LogP contribution in [0, 0.1) is 11.7 Å². The molecule has 7 nitrogen and oxygen atoms in total. The summed E-state index contributed by atoms with van der Waals surface area (Å²) in [5, 5.41) is 9.20. The lowest BCUT2D eigenvalue weighted by Gasteiger charge is -2.27. The van der Waals surface area contributed by atoms with Crippen LogP contribution in [0.4, 0.5) is 14.6 Å². The number of pyridine rings is 2. The van der Waals surface area contributed by atoms with E-state index in [0.29, 0.717) is 0 Å². The fourth-order valence-corrected chi connectivity index (χ4v) is 3.82. The van der Waals surface area contributed by atoms with Crippen LogP contribution in [0.1, 0.15) is 36.2 Å². The molecule has 0 spiro atoms. The molecule has 2 fully saturated rings. The number of aromatic nitrogens is 2. The van der Waals surface area contributed by atoms with Crippen molar-refractivity contribution in [1.82, 2.24) is 9.55 Å². The molecule has 0 radical (unpaired) electrons. The highest BCUT2D eigenvalue weighted by Crippen LogP contribution is 2.38. The molecule has 9 heteroatoms. The molecular weight excluding hydrogens is 358 g/mol. The Morgan fingerprint density at radius 2 is 2.15 bits per heavy atom. The van der Waals surface area contributed by atoms with Crippen molar-refractivity contribution in [3.63, 3.8) is 0 Å². The maximum atomic E-state index is 14.8. The average Bonchev–Trinajstić information content (AvgIpc) is 3.42. The number of halogens is 2. The molecule has 144 valence electrons. The monoisotopic (exact) mass is 378 g/mol. The highest BCUT2D eigenvalue weighted by Gasteiger charge is 2.40. The summed E-state index contributed by atoms with van der Waals surface area (Å²) in [4.78, 5) is 29.7. The van der Waals surface area contributed by atoms with Gasteiger partial charge < -0.3 is 20.3 Å². The van der Waals surface area contributed by atoms with Crippen LogP contribution in [0.2, 0.25) is 0 Å². The third-order valence-corrected chi connectivity index (χ3v) is 5.57. The highest BCUT2D eigenvalue weighted by molar-refractivity contribution is 5.92. The number of nitrogens with two attached hydrogens (primary N) is 1. The van der Waals surface area contributed by atoms with Crippen molar-refractivity contribution in [2.45, 2.75) is 38.0 Å². The number of rotatable bonds is 4. The number of fused-ring (bicyclic) bond motifs is 1. The smallest absolute Gasteiger partial charge is 0.341 e. The van der Waals surface area contributed by atoms with Crippen molar-refractivity contribution in [1.29, 1.82) is 0 Å². The third kappa shape index (κ3) is 2.77. The van der Waals surface area contributed by atoms with Gasteiger partial charge in [-0.3, -0.25) is 4.79 Å². The standard InChI is InChI=1S/C18H20F2N4O3/c1-8-13(20)7-24(14(8)5-21)17-12(19)4-10-15(25)11(18(26)27)6-23(9-2-3-9)16(10)22-17/h4,6,8-9,13-14H,2-3,5,7,21H2,1H3,(H,26,27). The van der Waals surface area contributed by atoms with Gasteiger partial charge in [0.05, 0.1) is 11.9 Å². The van der Waals surface area contributed by atoms with Gasteiger partial charge >= 0.3 is 5.97 Å². The molecule has 1 saturated heterocycles. The summed E-state index contributed by atoms with van der Waals surface area (Å²) in [5.41, 5.74) is 4.79. The van der Waals surface area contributed by atoms with E-state index in [9.17, 15) is 23.5 Å². The molecule has 2 aromatic rings. The molecule has 3 N–H and O–H groups in total. The van der Waals surface area contributed by atoms with E-state index in [4.69, 9.17) is 5.73 Å². The number of carboxylic acid groups (broad SMARTS) is 1. The molecule has 1 aliphatic carbocycles. The Hall–Kier alpha value is -2.55. The van der Waals surface area contributed by atoms with Crippen LogP contribution < -0.4 is 16.1 Å². The van der Waals surface area contributed by atoms with Crippen LogP contribution in [0.25, 0.3) is 11.0 Å². The normalized spacial score (nSPS) is 25.3. The van der Waals surface area contributed by atoms with Gasteiger partial charge in [-0.2, -0.15) is 0 Å². The predicted molar refractivity (Wildman–Crippen MR) is 95.4 cm³/mol. The summed E-state index contributed by atoms with van der Waals surface area (Å²) in [6.07, 6.45) is 1.76. The second kappa shape index (κ2) is 6.26. The average molecular weight is 378 g/mol. The van der Waals surface area contributed by atoms with E-state index in [-0.39, 0.29) is 41.9 Å². The summed E-state index contributed by atoms with van der Waals surface area (Å²) >= 11 is 0. The van der Waals surface area contributed by atoms with Gasteiger partial charge in [0.2, 0.25) is 5.43 Å². The molecule has 0 bridgehead atoms. The Kier molecular flexibility index (Phi) is 4.14. The van der Waals surface area contributed by atoms with E-state index >= 15 is 0 Å². The van der Waals surface area contributed by atoms with Gasteiger partial charge in [-0.05, 0) is 18.9 Å². The number of aromatic carboxylic acids is 1. The zero-order chi connectivity index (χ0) is 19.5. The fraction of sp³-hybridized carbons (Fsp3) is 0.500. The Balaban J connectivity index is 1.93. The first kappa shape index (κ1) is 17.8. The first-order valence-corrected chi connectivity index (χ1v) is 8.93. The molecule has 1 saturated carbocycles. The molecule has 3 unspecified atom stereocenters. The minimum absolute atomic E-state index is 0.0220. The third-order valence-electron chi connectivity index (χ3n) is 5.57. The summed E-state index contributed by atoms with van der Waals surface area (Å²) in [5.74, 6) is -2.57. The van der Waals surface area contributed by atoms with E-state index in [0.717, 1.165) is 18.9 Å². The molecule has 3 heterocycles. The van der Waals surface area contributed by atoms with Crippen LogP contribution in [0.15, 0.2) is 17.1 Å². The molecule has 4 rings (SSSR count). The summed E-state index contributed by atoms with van der Waals surface area (Å²) in [6, 6.07) is 0.627. The van der Waals surface area contributed by atoms with Crippen molar-refractivity contribution in [2.75, 3.05) is 18.0 Å². The van der Waals surface area contributed by atoms with Gasteiger partial charge in [0.25, 0.3) is 0 Å². The summed E-state index contributed by atoms with van der Waals surface area (Å²) in [7, 11) is 0. The van der Waals surface area contributed by atoms with E-state index in [1.165, 1.54) is 11.1 Å². The van der Waals surface area contributed by atoms with Crippen LogP contribution in [-0.2, 0) is 0 Å². The zero-order valence-electron chi connectivity index (χ0n) is 14.7. The van der Waals surface area contributed by atoms with Crippen molar-refractivity contribution >= 4 is 22.8 Å². The summed E-state index contributed by atoms with van der Waals surface area (Å²) in [6.45, 7) is 1.84. The maximum Gasteiger partial charge on any atom is 0.341 e. The zero-order valence-corrected chi connectivity index (χ0v) is 14.7. The van der Waals surface area contributed by atoms with Gasteiger partial charge in [0, 0.05) is 30.7 Å². The number of hydrogen-bond acceptors (Lipinski definition) is 5. The van der Waals surface area contributed by atoms with Crippen LogP contribution in [0.3, 0.4) is 0 Å². The van der Waals surface area contributed by atoms with Crippen molar-refractivity contribution in [3.8, 4) is 0 Å². The molecule has 1 aliphatic heterocycles. The number of nitrogens with zero attached hydrogens (tertiary/aromatic N) is 3. The van der Waals surface area contributed by atoms with Crippen molar-refractivity contribution in [2.24, 2.45) is 11.7 Å². The molecule has 3 atom stereocenters. The minimum atomic E-state index is -1.36. The fourth-order valence-electron chi connectivity index (χ4n) is 3.82. The lowest BCUT2D eigenvalue weighted by Crippen LogP contribution is -2.39. The molecule has 2 aliphatic rings. The molecule has 2 aromatic heterocycles. The Bertz CT molecular complexity index is 989. The van der Waals surface area contributed by atoms with Crippen molar-refractivity contribution < 1.29 is 18.7 Å². The van der Waals surface area contributed by atoms with Gasteiger partial charge in [0.1, 0.15) is 17.4 Å². The Morgan fingerprint density at radius 3 is 2.74 bits per heavy atom. The first-order chi connectivity index (χ1) is 12.8. The molecule has 27 heavy (non-hydrogen) atoms. The largest absolute Gasteiger partial charge is 0.477 e. The predicted octanol–water partition coefficient (Wildman–Crippen LogP) is 1.69. The second-order valence-corrected chi connectivity index (χ2v) is 7.31. The van der Waals surface area contributed by atoms with Crippen LogP contribution in [0.5, 0.6) is 0 Å². The van der Waals surface area contributed by atoms with Gasteiger partial charge in [0.15, 0.2) is 11.6 Å². The maximum absolute atomic E-state index is 14.8. The first-order valence-electron chi connectivity index (χ1n) is 8.93. The van der Waals surface area contributed by atoms with E-state index in [1.54, 1.807) is 11.5 Å². The van der Waals surface area contributed by atoms with Crippen LogP contribution >= 0.6 is 0 Å². The van der Waals surface area contributed by atoms with Crippen molar-refractivity contribution in [3.05, 3.63) is 33.9 Å². The second-order valence-electron chi connectivity index (χ2n) is 7.31. The molecular formula is C18H20F2N4O3. The number of carbonyl (C=O) groups is 1. The minimum Gasteiger partial charge on any atom is -0.477 e. The lowest BCUT2D eigenvalue weighted by molar-refractivity contribution is 0.0695. The van der Waals surface area contributed by atoms with E-state index in [1.807, 2.05) is 0 Å². The van der Waals surface area contributed by atoms with Crippen LogP contribution in [-0.4, -0.2) is 45.9 Å². The Morgan fingerprint density at radius 1 is 1.44 bits per heavy atom. The number of alkyl halides is 1. The topological polar surface area (TPSA) is 101 Å². The summed E-state index contributed by atoms with van der Waals surface area (Å²) < 4.78 is 30.6. The number of anilines is 1. The quantitative estimate of drug-likeness (QED) is 0.840. The molecule has 0 amide bonds. The van der Waals surface area contributed by atoms with Gasteiger partial charge in [-0.25, -0.2) is 18.6 Å². The number of hydrogen-bond donors (Lipinski definition) is 2. The van der Waals surface area contributed by atoms with E-state index in [2.05, 4.69) is 4.98 Å². The SMILES string of the molecule is CC1C(F)CN(c2nc3c(cc2F)c(=O)c(C(=O)O)cn3C2CC2)C1CN.